The third kappa shape index (κ3) is 8.85. The quantitative estimate of drug-likeness (QED) is 0.387. The molecule has 0 heterocycles. The van der Waals surface area contributed by atoms with E-state index >= 15 is 0 Å². The SMILES string of the molecule is CC1CC(C)CC([N-]C2CCCCC2[N-]C2CC(C)CC(C)C2)C1.[Cl][Ti][Cl]. The summed E-state index contributed by atoms with van der Waals surface area (Å²) in [6.07, 6.45) is 13.4. The average Bonchev–Trinajstić information content (AvgIpc) is 2.55. The van der Waals surface area contributed by atoms with Crippen LogP contribution in [0.25, 0.3) is 10.6 Å². The van der Waals surface area contributed by atoms with Gasteiger partial charge in [-0.25, -0.2) is 0 Å². The fraction of sp³-hybridized carbons (Fsp3) is 1.00. The van der Waals surface area contributed by atoms with Crippen LogP contribution in [0.5, 0.6) is 0 Å². The van der Waals surface area contributed by atoms with Gasteiger partial charge in [0.2, 0.25) is 0 Å². The zero-order valence-electron chi connectivity index (χ0n) is 17.8. The molecule has 6 atom stereocenters. The second-order valence-electron chi connectivity index (χ2n) is 9.93. The summed E-state index contributed by atoms with van der Waals surface area (Å²) in [7, 11) is 9.78. The number of rotatable bonds is 4. The molecule has 5 heteroatoms. The van der Waals surface area contributed by atoms with E-state index in [1.807, 2.05) is 0 Å². The van der Waals surface area contributed by atoms with Gasteiger partial charge in [-0.2, -0.15) is 12.1 Å². The second-order valence-corrected chi connectivity index (χ2v) is 12.5. The first-order chi connectivity index (χ1) is 12.9. The molecule has 3 fully saturated rings. The van der Waals surface area contributed by atoms with Crippen molar-refractivity contribution >= 4 is 18.6 Å². The van der Waals surface area contributed by atoms with Gasteiger partial charge >= 0.3 is 35.6 Å². The van der Waals surface area contributed by atoms with Crippen LogP contribution in [-0.2, 0) is 17.0 Å². The van der Waals surface area contributed by atoms with Gasteiger partial charge in [-0.05, 0) is 36.5 Å². The van der Waals surface area contributed by atoms with Crippen LogP contribution in [0, 0.1) is 23.7 Å². The fourth-order valence-corrected chi connectivity index (χ4v) is 6.03. The first-order valence-corrected chi connectivity index (χ1v) is 15.6. The summed E-state index contributed by atoms with van der Waals surface area (Å²) in [5.41, 5.74) is 0. The van der Waals surface area contributed by atoms with Gasteiger partial charge in [0.1, 0.15) is 0 Å². The van der Waals surface area contributed by atoms with E-state index in [0.717, 1.165) is 23.7 Å². The molecule has 0 aliphatic heterocycles. The molecule has 158 valence electrons. The zero-order valence-corrected chi connectivity index (χ0v) is 20.9. The Bertz CT molecular complexity index is 356. The van der Waals surface area contributed by atoms with Crippen molar-refractivity contribution in [2.24, 2.45) is 23.7 Å². The Morgan fingerprint density at radius 2 is 0.889 bits per heavy atom. The van der Waals surface area contributed by atoms with Crippen molar-refractivity contribution in [1.82, 2.24) is 0 Å². The van der Waals surface area contributed by atoms with Gasteiger partial charge in [-0.3, -0.25) is 0 Å². The molecule has 6 unspecified atom stereocenters. The van der Waals surface area contributed by atoms with Crippen LogP contribution in [0.4, 0.5) is 0 Å². The third-order valence-corrected chi connectivity index (χ3v) is 6.81. The predicted octanol–water partition coefficient (Wildman–Crippen LogP) is 8.07. The van der Waals surface area contributed by atoms with E-state index in [-0.39, 0.29) is 0 Å². The summed E-state index contributed by atoms with van der Waals surface area (Å²) in [5.74, 6) is 3.45. The van der Waals surface area contributed by atoms with E-state index in [1.54, 1.807) is 0 Å². The molecule has 3 rings (SSSR count). The Kier molecular flexibility index (Phi) is 11.6. The van der Waals surface area contributed by atoms with Crippen molar-refractivity contribution in [1.29, 1.82) is 0 Å². The Morgan fingerprint density at radius 3 is 1.19 bits per heavy atom. The number of nitrogens with zero attached hydrogens (tertiary/aromatic N) is 2. The van der Waals surface area contributed by atoms with Gasteiger partial charge < -0.3 is 10.6 Å². The minimum atomic E-state index is -0.556. The Hall–Kier alpha value is 1.21. The first kappa shape index (κ1) is 24.5. The maximum absolute atomic E-state index is 5.39. The number of halogens is 2. The molecule has 3 aliphatic carbocycles. The van der Waals surface area contributed by atoms with Crippen molar-refractivity contribution in [3.05, 3.63) is 10.6 Å². The summed E-state index contributed by atoms with van der Waals surface area (Å²) in [4.78, 5) is 0. The molecular formula is C22H40Cl2N2Ti-2. The van der Waals surface area contributed by atoms with E-state index in [4.69, 9.17) is 29.2 Å². The van der Waals surface area contributed by atoms with E-state index in [9.17, 15) is 0 Å². The number of hydrogen-bond acceptors (Lipinski definition) is 0. The molecule has 27 heavy (non-hydrogen) atoms. The molecule has 0 spiro atoms. The van der Waals surface area contributed by atoms with Crippen molar-refractivity contribution in [3.63, 3.8) is 0 Å². The van der Waals surface area contributed by atoms with Crippen molar-refractivity contribution < 1.29 is 17.0 Å². The standard InChI is InChI=1S/C22H40N2.2ClH.Ti/c1-15-9-16(2)12-19(11-15)23-21-7-5-6-8-22(21)24-20-13-17(3)10-18(4)14-20;;;/h15-22H,5-14H2,1-4H3;2*1H;/q-2;;;+2/p-2. The number of hydrogen-bond donors (Lipinski definition) is 0. The van der Waals surface area contributed by atoms with E-state index in [0.29, 0.717) is 24.2 Å². The Balaban J connectivity index is 0.000000817. The van der Waals surface area contributed by atoms with E-state index in [1.165, 1.54) is 64.2 Å². The van der Waals surface area contributed by atoms with Crippen molar-refractivity contribution in [3.8, 4) is 0 Å². The Morgan fingerprint density at radius 1 is 0.593 bits per heavy atom. The van der Waals surface area contributed by atoms with Gasteiger partial charge in [0.05, 0.1) is 0 Å². The van der Waals surface area contributed by atoms with Gasteiger partial charge in [-0.1, -0.05) is 79.1 Å². The van der Waals surface area contributed by atoms with Crippen LogP contribution in [0.2, 0.25) is 0 Å². The first-order valence-electron chi connectivity index (χ1n) is 11.3. The van der Waals surface area contributed by atoms with E-state index < -0.39 is 17.0 Å². The molecule has 3 saturated carbocycles. The molecule has 0 amide bonds. The molecule has 0 saturated heterocycles. The van der Waals surface area contributed by atoms with Gasteiger partial charge in [0, 0.05) is 0 Å². The van der Waals surface area contributed by atoms with Gasteiger partial charge in [0.15, 0.2) is 0 Å². The molecule has 0 aromatic rings. The maximum atomic E-state index is 5.39. The fourth-order valence-electron chi connectivity index (χ4n) is 6.03. The third-order valence-electron chi connectivity index (χ3n) is 6.81. The van der Waals surface area contributed by atoms with Crippen molar-refractivity contribution in [2.75, 3.05) is 0 Å². The van der Waals surface area contributed by atoms with Crippen LogP contribution >= 0.6 is 18.6 Å². The predicted molar refractivity (Wildman–Crippen MR) is 116 cm³/mol. The van der Waals surface area contributed by atoms with Crippen molar-refractivity contribution in [2.45, 2.75) is 116 Å². The van der Waals surface area contributed by atoms with Crippen LogP contribution in [0.1, 0.15) is 91.9 Å². The summed E-state index contributed by atoms with van der Waals surface area (Å²) >= 11 is -0.556. The molecule has 3 aliphatic rings. The zero-order chi connectivity index (χ0) is 19.8. The summed E-state index contributed by atoms with van der Waals surface area (Å²) in [6.45, 7) is 9.69. The van der Waals surface area contributed by atoms with Crippen LogP contribution in [0.3, 0.4) is 0 Å². The minimum absolute atomic E-state index is 0.536. The molecule has 0 N–H and O–H groups in total. The second kappa shape index (κ2) is 12.8. The summed E-state index contributed by atoms with van der Waals surface area (Å²) in [6, 6.07) is 2.31. The topological polar surface area (TPSA) is 28.2 Å². The molecule has 0 radical (unpaired) electrons. The summed E-state index contributed by atoms with van der Waals surface area (Å²) in [5, 5.41) is 10.8. The van der Waals surface area contributed by atoms with Crippen LogP contribution in [-0.4, -0.2) is 24.2 Å². The normalized spacial score (nSPS) is 42.7. The molecule has 0 aromatic carbocycles. The molecule has 0 bridgehead atoms. The average molecular weight is 451 g/mol. The molecule has 2 nitrogen and oxygen atoms in total. The monoisotopic (exact) mass is 450 g/mol. The Labute approximate surface area is 185 Å². The van der Waals surface area contributed by atoms with Crippen LogP contribution < -0.4 is 0 Å². The van der Waals surface area contributed by atoms with Gasteiger partial charge in [-0.15, -0.1) is 12.1 Å². The van der Waals surface area contributed by atoms with Crippen LogP contribution in [0.15, 0.2) is 0 Å². The molecule has 0 aromatic heterocycles. The van der Waals surface area contributed by atoms with E-state index in [2.05, 4.69) is 27.7 Å². The summed E-state index contributed by atoms with van der Waals surface area (Å²) < 4.78 is 0. The molecular weight excluding hydrogens is 411 g/mol. The van der Waals surface area contributed by atoms with Gasteiger partial charge in [0.25, 0.3) is 0 Å².